The Hall–Kier alpha value is -2.49. The maximum absolute atomic E-state index is 13.7. The van der Waals surface area contributed by atoms with E-state index in [1.165, 1.54) is 12.0 Å². The van der Waals surface area contributed by atoms with Crippen molar-refractivity contribution in [3.8, 4) is 5.75 Å². The number of anilines is 1. The summed E-state index contributed by atoms with van der Waals surface area (Å²) < 4.78 is 31.8. The number of carbonyl (C=O) groups is 2. The van der Waals surface area contributed by atoms with E-state index in [4.69, 9.17) is 27.9 Å². The van der Waals surface area contributed by atoms with Crippen molar-refractivity contribution in [3.05, 3.63) is 58.1 Å². The largest absolute Gasteiger partial charge is 0.495 e. The van der Waals surface area contributed by atoms with Crippen LogP contribution in [0.2, 0.25) is 10.0 Å². The van der Waals surface area contributed by atoms with E-state index in [0.29, 0.717) is 34.3 Å². The Kier molecular flexibility index (Phi) is 10.9. The van der Waals surface area contributed by atoms with Gasteiger partial charge in [-0.3, -0.25) is 13.9 Å². The minimum Gasteiger partial charge on any atom is -0.495 e. The van der Waals surface area contributed by atoms with E-state index in [9.17, 15) is 18.0 Å². The molecule has 0 aliphatic rings. The Bertz CT molecular complexity index is 1170. The fourth-order valence-electron chi connectivity index (χ4n) is 3.61. The third-order valence-corrected chi connectivity index (χ3v) is 7.17. The van der Waals surface area contributed by atoms with Crippen molar-refractivity contribution in [3.63, 3.8) is 0 Å². The van der Waals surface area contributed by atoms with Gasteiger partial charge in [-0.15, -0.1) is 0 Å². The smallest absolute Gasteiger partial charge is 0.244 e. The molecule has 2 amide bonds. The summed E-state index contributed by atoms with van der Waals surface area (Å²) in [6.45, 7) is 5.63. The van der Waals surface area contributed by atoms with Crippen molar-refractivity contribution in [2.75, 3.05) is 30.8 Å². The third kappa shape index (κ3) is 8.01. The first-order valence-electron chi connectivity index (χ1n) is 11.5. The average molecular weight is 559 g/mol. The van der Waals surface area contributed by atoms with Gasteiger partial charge in [0.1, 0.15) is 18.3 Å². The van der Waals surface area contributed by atoms with Gasteiger partial charge >= 0.3 is 0 Å². The van der Waals surface area contributed by atoms with Gasteiger partial charge < -0.3 is 15.0 Å². The lowest BCUT2D eigenvalue weighted by atomic mass is 10.1. The van der Waals surface area contributed by atoms with E-state index >= 15 is 0 Å². The van der Waals surface area contributed by atoms with E-state index < -0.39 is 28.5 Å². The van der Waals surface area contributed by atoms with Gasteiger partial charge in [0.2, 0.25) is 21.8 Å². The van der Waals surface area contributed by atoms with Crippen molar-refractivity contribution in [1.29, 1.82) is 0 Å². The molecule has 0 aliphatic heterocycles. The third-order valence-electron chi connectivity index (χ3n) is 5.46. The highest BCUT2D eigenvalue weighted by atomic mass is 35.5. The van der Waals surface area contributed by atoms with Crippen molar-refractivity contribution in [1.82, 2.24) is 10.2 Å². The predicted octanol–water partition coefficient (Wildman–Crippen LogP) is 4.35. The van der Waals surface area contributed by atoms with Crippen molar-refractivity contribution >= 4 is 50.7 Å². The molecule has 2 aromatic rings. The Morgan fingerprint density at radius 3 is 2.33 bits per heavy atom. The van der Waals surface area contributed by atoms with E-state index in [1.807, 2.05) is 13.8 Å². The fraction of sp³-hybridized carbons (Fsp3) is 0.440. The number of para-hydroxylation sites is 2. The molecule has 11 heteroatoms. The molecule has 0 bridgehead atoms. The molecule has 2 rings (SSSR count). The normalized spacial score (nSPS) is 12.2. The molecule has 0 heterocycles. The fourth-order valence-corrected chi connectivity index (χ4v) is 4.93. The lowest BCUT2D eigenvalue weighted by Gasteiger charge is -2.33. The summed E-state index contributed by atoms with van der Waals surface area (Å²) in [5.74, 6) is -0.381. The average Bonchev–Trinajstić information content (AvgIpc) is 2.81. The van der Waals surface area contributed by atoms with E-state index in [0.717, 1.165) is 10.6 Å². The standard InChI is InChI=1S/C25H33Cl2N3O5S/c1-6-21(25(32)28-14-17(2)3)29(15-18-11-12-19(26)13-20(18)27)24(31)16-30(36(5,33)34)22-9-7-8-10-23(22)35-4/h7-13,17,21H,6,14-16H2,1-5H3,(H,28,32). The topological polar surface area (TPSA) is 96.0 Å². The maximum Gasteiger partial charge on any atom is 0.244 e. The molecule has 0 saturated heterocycles. The first kappa shape index (κ1) is 29.7. The highest BCUT2D eigenvalue weighted by Crippen LogP contribution is 2.30. The first-order valence-corrected chi connectivity index (χ1v) is 14.1. The number of sulfonamides is 1. The molecular formula is C25H33Cl2N3O5S. The van der Waals surface area contributed by atoms with Crippen molar-refractivity contribution < 1.29 is 22.7 Å². The molecule has 0 aromatic heterocycles. The molecule has 1 unspecified atom stereocenters. The Morgan fingerprint density at radius 1 is 1.11 bits per heavy atom. The second-order valence-corrected chi connectivity index (χ2v) is 11.5. The van der Waals surface area contributed by atoms with Crippen LogP contribution >= 0.6 is 23.2 Å². The Balaban J connectivity index is 2.49. The van der Waals surface area contributed by atoms with E-state index in [1.54, 1.807) is 49.4 Å². The number of carbonyl (C=O) groups excluding carboxylic acids is 2. The number of ether oxygens (including phenoxy) is 1. The van der Waals surface area contributed by atoms with Crippen LogP contribution < -0.4 is 14.4 Å². The maximum atomic E-state index is 13.7. The van der Waals surface area contributed by atoms with Crippen LogP contribution in [0.5, 0.6) is 5.75 Å². The number of halogens is 2. The summed E-state index contributed by atoms with van der Waals surface area (Å²) in [4.78, 5) is 28.2. The predicted molar refractivity (Wildman–Crippen MR) is 144 cm³/mol. The Morgan fingerprint density at radius 2 is 1.78 bits per heavy atom. The van der Waals surface area contributed by atoms with Gasteiger partial charge in [0.25, 0.3) is 0 Å². The number of benzene rings is 2. The lowest BCUT2D eigenvalue weighted by Crippen LogP contribution is -2.52. The molecule has 0 saturated carbocycles. The summed E-state index contributed by atoms with van der Waals surface area (Å²) in [5.41, 5.74) is 0.797. The highest BCUT2D eigenvalue weighted by molar-refractivity contribution is 7.92. The van der Waals surface area contributed by atoms with Gasteiger partial charge in [-0.2, -0.15) is 0 Å². The minimum absolute atomic E-state index is 0.00797. The zero-order valence-corrected chi connectivity index (χ0v) is 23.5. The summed E-state index contributed by atoms with van der Waals surface area (Å²) in [7, 11) is -2.46. The number of rotatable bonds is 12. The number of amides is 2. The quantitative estimate of drug-likeness (QED) is 0.418. The lowest BCUT2D eigenvalue weighted by molar-refractivity contribution is -0.140. The molecular weight excluding hydrogens is 525 g/mol. The number of hydrogen-bond acceptors (Lipinski definition) is 5. The van der Waals surface area contributed by atoms with E-state index in [-0.39, 0.29) is 24.1 Å². The number of hydrogen-bond donors (Lipinski definition) is 1. The zero-order chi connectivity index (χ0) is 27.0. The van der Waals surface area contributed by atoms with Crippen molar-refractivity contribution in [2.24, 2.45) is 5.92 Å². The van der Waals surface area contributed by atoms with Gasteiger partial charge in [-0.05, 0) is 42.2 Å². The molecule has 8 nitrogen and oxygen atoms in total. The van der Waals surface area contributed by atoms with Crippen LogP contribution in [0, 0.1) is 5.92 Å². The van der Waals surface area contributed by atoms with Crippen LogP contribution in [0.1, 0.15) is 32.8 Å². The molecule has 0 radical (unpaired) electrons. The van der Waals surface area contributed by atoms with Crippen molar-refractivity contribution in [2.45, 2.75) is 39.8 Å². The number of nitrogens with zero attached hydrogens (tertiary/aromatic N) is 2. The van der Waals surface area contributed by atoms with Gasteiger partial charge in [-0.25, -0.2) is 8.42 Å². The second-order valence-electron chi connectivity index (χ2n) is 8.76. The van der Waals surface area contributed by atoms with Crippen LogP contribution in [0.15, 0.2) is 42.5 Å². The molecule has 1 atom stereocenters. The summed E-state index contributed by atoms with van der Waals surface area (Å²) in [5, 5.41) is 3.64. The molecule has 0 fully saturated rings. The summed E-state index contributed by atoms with van der Waals surface area (Å²) in [6, 6.07) is 10.5. The monoisotopic (exact) mass is 557 g/mol. The summed E-state index contributed by atoms with van der Waals surface area (Å²) in [6.07, 6.45) is 1.33. The van der Waals surface area contributed by atoms with Crippen LogP contribution in [0.3, 0.4) is 0 Å². The van der Waals surface area contributed by atoms with Gasteiger partial charge in [0, 0.05) is 23.1 Å². The van der Waals surface area contributed by atoms with Crippen LogP contribution in [-0.2, 0) is 26.2 Å². The first-order chi connectivity index (χ1) is 16.9. The molecule has 36 heavy (non-hydrogen) atoms. The van der Waals surface area contributed by atoms with Crippen LogP contribution in [0.25, 0.3) is 0 Å². The second kappa shape index (κ2) is 13.2. The molecule has 2 aromatic carbocycles. The highest BCUT2D eigenvalue weighted by Gasteiger charge is 2.32. The van der Waals surface area contributed by atoms with Gasteiger partial charge in [0.15, 0.2) is 0 Å². The minimum atomic E-state index is -3.88. The number of methoxy groups -OCH3 is 1. The number of nitrogens with one attached hydrogen (secondary N) is 1. The van der Waals surface area contributed by atoms with Gasteiger partial charge in [-0.1, -0.05) is 62.2 Å². The molecule has 0 aliphatic carbocycles. The SMILES string of the molecule is CCC(C(=O)NCC(C)C)N(Cc1ccc(Cl)cc1Cl)C(=O)CN(c1ccccc1OC)S(C)(=O)=O. The van der Waals surface area contributed by atoms with Crippen LogP contribution in [-0.4, -0.2) is 57.6 Å². The molecule has 1 N–H and O–H groups in total. The zero-order valence-electron chi connectivity index (χ0n) is 21.1. The molecule has 198 valence electrons. The Labute approximate surface area is 223 Å². The van der Waals surface area contributed by atoms with E-state index in [2.05, 4.69) is 5.32 Å². The molecule has 0 spiro atoms. The summed E-state index contributed by atoms with van der Waals surface area (Å²) >= 11 is 12.4. The van der Waals surface area contributed by atoms with Crippen LogP contribution in [0.4, 0.5) is 5.69 Å². The van der Waals surface area contributed by atoms with Gasteiger partial charge in [0.05, 0.1) is 19.1 Å².